The third-order valence-corrected chi connectivity index (χ3v) is 3.81. The Kier molecular flexibility index (Phi) is 4.91. The summed E-state index contributed by atoms with van der Waals surface area (Å²) in [4.78, 5) is 2.33. The fraction of sp³-hybridized carbons (Fsp3) is 0.600. The number of aliphatic hydroxyl groups excluding tert-OH is 1. The van der Waals surface area contributed by atoms with Crippen LogP contribution in [0.15, 0.2) is 18.2 Å². The first kappa shape index (κ1) is 14.4. The van der Waals surface area contributed by atoms with Crippen molar-refractivity contribution in [3.63, 3.8) is 0 Å². The summed E-state index contributed by atoms with van der Waals surface area (Å²) in [7, 11) is 0. The van der Waals surface area contributed by atoms with Crippen molar-refractivity contribution >= 4 is 0 Å². The number of nitrogens with one attached hydrogen (secondary N) is 1. The molecule has 1 aliphatic rings. The van der Waals surface area contributed by atoms with Crippen molar-refractivity contribution in [3.8, 4) is 0 Å². The van der Waals surface area contributed by atoms with E-state index in [1.165, 1.54) is 0 Å². The molecule has 3 nitrogen and oxygen atoms in total. The molecule has 1 aromatic carbocycles. The van der Waals surface area contributed by atoms with Gasteiger partial charge in [-0.1, -0.05) is 12.1 Å². The average Bonchev–Trinajstić information content (AvgIpc) is 2.37. The smallest absolute Gasteiger partial charge is 0.126 e. The lowest BCUT2D eigenvalue weighted by molar-refractivity contribution is 0.103. The number of rotatable bonds is 4. The highest BCUT2D eigenvalue weighted by Gasteiger charge is 2.25. The molecule has 1 saturated heterocycles. The molecule has 0 radical (unpaired) electrons. The number of benzene rings is 1. The molecular formula is C15H23FN2O. The largest absolute Gasteiger partial charge is 0.396 e. The summed E-state index contributed by atoms with van der Waals surface area (Å²) >= 11 is 0. The quantitative estimate of drug-likeness (QED) is 0.870. The van der Waals surface area contributed by atoms with E-state index in [4.69, 9.17) is 5.11 Å². The molecule has 1 heterocycles. The number of hydrogen-bond acceptors (Lipinski definition) is 3. The van der Waals surface area contributed by atoms with E-state index in [0.717, 1.165) is 31.6 Å². The Labute approximate surface area is 114 Å². The molecule has 2 unspecified atom stereocenters. The van der Waals surface area contributed by atoms with E-state index in [0.29, 0.717) is 17.6 Å². The van der Waals surface area contributed by atoms with Crippen molar-refractivity contribution in [1.29, 1.82) is 0 Å². The van der Waals surface area contributed by atoms with E-state index in [9.17, 15) is 4.39 Å². The molecule has 2 rings (SSSR count). The first-order valence-corrected chi connectivity index (χ1v) is 6.93. The summed E-state index contributed by atoms with van der Waals surface area (Å²) in [5.41, 5.74) is 1.68. The fourth-order valence-electron chi connectivity index (χ4n) is 2.63. The van der Waals surface area contributed by atoms with Crippen LogP contribution in [0, 0.1) is 12.7 Å². The van der Waals surface area contributed by atoms with Crippen molar-refractivity contribution in [3.05, 3.63) is 35.1 Å². The molecule has 2 N–H and O–H groups in total. The Hall–Kier alpha value is -0.970. The minimum absolute atomic E-state index is 0.139. The van der Waals surface area contributed by atoms with Gasteiger partial charge in [0.25, 0.3) is 0 Å². The maximum Gasteiger partial charge on any atom is 0.126 e. The second-order valence-corrected chi connectivity index (χ2v) is 5.49. The second kappa shape index (κ2) is 6.46. The lowest BCUT2D eigenvalue weighted by Gasteiger charge is -2.39. The van der Waals surface area contributed by atoms with Crippen molar-refractivity contribution in [2.24, 2.45) is 0 Å². The molecule has 0 aliphatic carbocycles. The zero-order chi connectivity index (χ0) is 13.8. The van der Waals surface area contributed by atoms with E-state index in [2.05, 4.69) is 17.1 Å². The number of piperazine rings is 1. The molecule has 4 heteroatoms. The molecule has 19 heavy (non-hydrogen) atoms. The highest BCUT2D eigenvalue weighted by molar-refractivity contribution is 5.23. The Morgan fingerprint density at radius 1 is 1.47 bits per heavy atom. The highest BCUT2D eigenvalue weighted by Crippen LogP contribution is 2.16. The third kappa shape index (κ3) is 3.75. The van der Waals surface area contributed by atoms with Gasteiger partial charge in [-0.05, 0) is 37.5 Å². The van der Waals surface area contributed by atoms with Gasteiger partial charge >= 0.3 is 0 Å². The van der Waals surface area contributed by atoms with Crippen LogP contribution < -0.4 is 5.32 Å². The molecular weight excluding hydrogens is 243 g/mol. The Bertz CT molecular complexity index is 425. The minimum Gasteiger partial charge on any atom is -0.396 e. The van der Waals surface area contributed by atoms with Crippen LogP contribution in [-0.4, -0.2) is 41.8 Å². The molecule has 1 aromatic rings. The average molecular weight is 266 g/mol. The molecule has 0 bridgehead atoms. The number of halogens is 1. The number of aryl methyl sites for hydroxylation is 1. The summed E-state index contributed by atoms with van der Waals surface area (Å²) in [5.74, 6) is -0.139. The molecule has 106 valence electrons. The molecule has 0 saturated carbocycles. The van der Waals surface area contributed by atoms with Crippen LogP contribution in [0.5, 0.6) is 0 Å². The summed E-state index contributed by atoms with van der Waals surface area (Å²) in [6.07, 6.45) is 0.758. The Morgan fingerprint density at radius 2 is 2.26 bits per heavy atom. The van der Waals surface area contributed by atoms with Gasteiger partial charge in [-0.15, -0.1) is 0 Å². The van der Waals surface area contributed by atoms with Crippen molar-refractivity contribution < 1.29 is 9.50 Å². The predicted molar refractivity (Wildman–Crippen MR) is 74.5 cm³/mol. The normalized spacial score (nSPS) is 24.6. The van der Waals surface area contributed by atoms with Crippen LogP contribution in [-0.2, 0) is 6.54 Å². The van der Waals surface area contributed by atoms with Crippen LogP contribution in [0.2, 0.25) is 0 Å². The first-order chi connectivity index (χ1) is 9.10. The van der Waals surface area contributed by atoms with Crippen LogP contribution in [0.25, 0.3) is 0 Å². The molecule has 0 spiro atoms. The molecule has 1 fully saturated rings. The standard InChI is InChI=1S/C15H23FN2O/c1-11-3-4-13(7-15(11)16)10-18-9-12(2)17-8-14(18)5-6-19/h3-4,7,12,14,17,19H,5-6,8-10H2,1-2H3. The van der Waals surface area contributed by atoms with Gasteiger partial charge in [0.05, 0.1) is 0 Å². The maximum atomic E-state index is 13.6. The van der Waals surface area contributed by atoms with Crippen molar-refractivity contribution in [2.45, 2.75) is 38.9 Å². The summed E-state index contributed by atoms with van der Waals surface area (Å²) in [6.45, 7) is 6.68. The van der Waals surface area contributed by atoms with E-state index in [1.807, 2.05) is 12.1 Å². The maximum absolute atomic E-state index is 13.6. The highest BCUT2D eigenvalue weighted by atomic mass is 19.1. The third-order valence-electron chi connectivity index (χ3n) is 3.81. The number of aliphatic hydroxyl groups is 1. The van der Waals surface area contributed by atoms with Gasteiger partial charge < -0.3 is 10.4 Å². The Morgan fingerprint density at radius 3 is 2.95 bits per heavy atom. The number of hydrogen-bond donors (Lipinski definition) is 2. The SMILES string of the molecule is Cc1ccc(CN2CC(C)NCC2CCO)cc1F. The topological polar surface area (TPSA) is 35.5 Å². The first-order valence-electron chi connectivity index (χ1n) is 6.93. The van der Waals surface area contributed by atoms with Crippen molar-refractivity contribution in [1.82, 2.24) is 10.2 Å². The monoisotopic (exact) mass is 266 g/mol. The molecule has 2 atom stereocenters. The van der Waals surface area contributed by atoms with Crippen LogP contribution in [0.4, 0.5) is 4.39 Å². The summed E-state index contributed by atoms with van der Waals surface area (Å²) < 4.78 is 13.6. The van der Waals surface area contributed by atoms with Gasteiger partial charge in [-0.3, -0.25) is 4.90 Å². The molecule has 0 amide bonds. The second-order valence-electron chi connectivity index (χ2n) is 5.49. The van der Waals surface area contributed by atoms with E-state index in [1.54, 1.807) is 13.0 Å². The van der Waals surface area contributed by atoms with Crippen LogP contribution in [0.3, 0.4) is 0 Å². The fourth-order valence-corrected chi connectivity index (χ4v) is 2.63. The number of nitrogens with zero attached hydrogens (tertiary/aromatic N) is 1. The van der Waals surface area contributed by atoms with E-state index in [-0.39, 0.29) is 12.4 Å². The van der Waals surface area contributed by atoms with Gasteiger partial charge in [-0.25, -0.2) is 4.39 Å². The van der Waals surface area contributed by atoms with Gasteiger partial charge in [0.1, 0.15) is 5.82 Å². The molecule has 0 aromatic heterocycles. The van der Waals surface area contributed by atoms with Crippen LogP contribution in [0.1, 0.15) is 24.5 Å². The zero-order valence-electron chi connectivity index (χ0n) is 11.7. The van der Waals surface area contributed by atoms with E-state index < -0.39 is 0 Å². The van der Waals surface area contributed by atoms with Crippen molar-refractivity contribution in [2.75, 3.05) is 19.7 Å². The Balaban J connectivity index is 2.07. The van der Waals surface area contributed by atoms with Gasteiger partial charge in [0, 0.05) is 38.3 Å². The predicted octanol–water partition coefficient (Wildman–Crippen LogP) is 1.68. The van der Waals surface area contributed by atoms with Gasteiger partial charge in [0.15, 0.2) is 0 Å². The minimum atomic E-state index is -0.139. The van der Waals surface area contributed by atoms with Gasteiger partial charge in [0.2, 0.25) is 0 Å². The zero-order valence-corrected chi connectivity index (χ0v) is 11.7. The van der Waals surface area contributed by atoms with E-state index >= 15 is 0 Å². The lowest BCUT2D eigenvalue weighted by atomic mass is 10.0. The summed E-state index contributed by atoms with van der Waals surface area (Å²) in [5, 5.41) is 12.6. The molecule has 1 aliphatic heterocycles. The van der Waals surface area contributed by atoms with Gasteiger partial charge in [-0.2, -0.15) is 0 Å². The summed E-state index contributed by atoms with van der Waals surface area (Å²) in [6, 6.07) is 6.20. The van der Waals surface area contributed by atoms with Crippen LogP contribution >= 0.6 is 0 Å². The lowest BCUT2D eigenvalue weighted by Crippen LogP contribution is -2.55.